The summed E-state index contributed by atoms with van der Waals surface area (Å²) in [6.45, 7) is 2.57. The number of hydrogen-bond donors (Lipinski definition) is 3. The Kier molecular flexibility index (Phi) is 7.80. The predicted molar refractivity (Wildman–Crippen MR) is 131 cm³/mol. The van der Waals surface area contributed by atoms with Crippen molar-refractivity contribution in [3.05, 3.63) is 65.4 Å². The van der Waals surface area contributed by atoms with Gasteiger partial charge in [0.05, 0.1) is 6.61 Å². The molecule has 0 bridgehead atoms. The number of H-pyrrole nitrogens is 1. The van der Waals surface area contributed by atoms with Crippen LogP contribution in [0.4, 0.5) is 0 Å². The highest BCUT2D eigenvalue weighted by molar-refractivity contribution is 14.0. The Balaban J connectivity index is 0.00000240. The van der Waals surface area contributed by atoms with E-state index in [9.17, 15) is 0 Å². The first-order valence-corrected chi connectivity index (χ1v) is 10.1. The van der Waals surface area contributed by atoms with Crippen LogP contribution in [0.1, 0.15) is 23.1 Å². The number of aromatic nitrogens is 1. The second-order valence-electron chi connectivity index (χ2n) is 7.18. The summed E-state index contributed by atoms with van der Waals surface area (Å²) in [5, 5.41) is 8.15. The highest BCUT2D eigenvalue weighted by Crippen LogP contribution is 2.25. The first-order valence-electron chi connectivity index (χ1n) is 10.1. The van der Waals surface area contributed by atoms with Gasteiger partial charge < -0.3 is 20.4 Å². The van der Waals surface area contributed by atoms with E-state index in [4.69, 9.17) is 4.74 Å². The largest absolute Gasteiger partial charge is 0.493 e. The first-order chi connectivity index (χ1) is 13.8. The molecule has 2 heterocycles. The number of aromatic amines is 1. The molecule has 1 aliphatic heterocycles. The highest BCUT2D eigenvalue weighted by atomic mass is 127. The average Bonchev–Trinajstić information content (AvgIpc) is 3.36. The maximum absolute atomic E-state index is 5.57. The minimum Gasteiger partial charge on any atom is -0.493 e. The van der Waals surface area contributed by atoms with Crippen molar-refractivity contribution < 1.29 is 4.74 Å². The van der Waals surface area contributed by atoms with Crippen molar-refractivity contribution in [3.8, 4) is 5.75 Å². The number of halogens is 1. The molecule has 0 unspecified atom stereocenters. The molecule has 3 aromatic rings. The topological polar surface area (TPSA) is 61.4 Å². The van der Waals surface area contributed by atoms with E-state index in [1.165, 1.54) is 27.6 Å². The van der Waals surface area contributed by atoms with E-state index in [0.717, 1.165) is 57.1 Å². The number of ether oxygens (including phenoxy) is 1. The number of nitrogens with zero attached hydrogens (tertiary/aromatic N) is 1. The molecular formula is C23H29IN4O. The molecular weight excluding hydrogens is 475 g/mol. The van der Waals surface area contributed by atoms with Crippen LogP contribution in [0.2, 0.25) is 0 Å². The zero-order valence-electron chi connectivity index (χ0n) is 16.8. The zero-order chi connectivity index (χ0) is 19.2. The van der Waals surface area contributed by atoms with Crippen molar-refractivity contribution in [2.45, 2.75) is 25.7 Å². The summed E-state index contributed by atoms with van der Waals surface area (Å²) < 4.78 is 5.57. The van der Waals surface area contributed by atoms with Gasteiger partial charge in [-0.25, -0.2) is 0 Å². The maximum Gasteiger partial charge on any atom is 0.190 e. The lowest BCUT2D eigenvalue weighted by atomic mass is 10.1. The van der Waals surface area contributed by atoms with Crippen molar-refractivity contribution in [1.82, 2.24) is 15.6 Å². The number of benzene rings is 2. The van der Waals surface area contributed by atoms with Crippen LogP contribution >= 0.6 is 24.0 Å². The fourth-order valence-electron chi connectivity index (χ4n) is 3.77. The Bertz CT molecular complexity index is 966. The number of nitrogens with one attached hydrogen (secondary N) is 3. The van der Waals surface area contributed by atoms with E-state index in [-0.39, 0.29) is 24.0 Å². The molecule has 0 saturated heterocycles. The highest BCUT2D eigenvalue weighted by Gasteiger charge is 2.11. The van der Waals surface area contributed by atoms with Crippen LogP contribution in [-0.2, 0) is 19.3 Å². The number of guanidine groups is 1. The lowest BCUT2D eigenvalue weighted by Gasteiger charge is -2.12. The molecule has 1 aromatic heterocycles. The van der Waals surface area contributed by atoms with E-state index >= 15 is 0 Å². The smallest absolute Gasteiger partial charge is 0.190 e. The maximum atomic E-state index is 5.57. The molecule has 0 atom stereocenters. The molecule has 0 spiro atoms. The van der Waals surface area contributed by atoms with Gasteiger partial charge in [0.1, 0.15) is 5.75 Å². The van der Waals surface area contributed by atoms with E-state index in [1.807, 2.05) is 7.05 Å². The molecule has 0 amide bonds. The summed E-state index contributed by atoms with van der Waals surface area (Å²) in [5.41, 5.74) is 5.26. The molecule has 0 aliphatic carbocycles. The molecule has 3 N–H and O–H groups in total. The number of fused-ring (bicyclic) bond motifs is 2. The van der Waals surface area contributed by atoms with E-state index in [2.05, 4.69) is 69.3 Å². The van der Waals surface area contributed by atoms with Crippen molar-refractivity contribution in [2.75, 3.05) is 26.7 Å². The molecule has 4 rings (SSSR count). The van der Waals surface area contributed by atoms with Gasteiger partial charge in [-0.05, 0) is 48.1 Å². The Morgan fingerprint density at radius 1 is 1.10 bits per heavy atom. The summed E-state index contributed by atoms with van der Waals surface area (Å²) >= 11 is 0. The molecule has 0 fully saturated rings. The third-order valence-corrected chi connectivity index (χ3v) is 5.27. The second-order valence-corrected chi connectivity index (χ2v) is 7.18. The van der Waals surface area contributed by atoms with Gasteiger partial charge in [-0.15, -0.1) is 24.0 Å². The van der Waals surface area contributed by atoms with Gasteiger partial charge in [0.2, 0.25) is 0 Å². The molecule has 154 valence electrons. The molecule has 6 heteroatoms. The van der Waals surface area contributed by atoms with Crippen molar-refractivity contribution >= 4 is 40.8 Å². The van der Waals surface area contributed by atoms with E-state index < -0.39 is 0 Å². The Morgan fingerprint density at radius 3 is 2.86 bits per heavy atom. The number of aryl methyl sites for hydroxylation is 1. The van der Waals surface area contributed by atoms with Gasteiger partial charge in [-0.2, -0.15) is 0 Å². The van der Waals surface area contributed by atoms with Crippen LogP contribution in [0, 0.1) is 0 Å². The summed E-state index contributed by atoms with van der Waals surface area (Å²) in [4.78, 5) is 7.67. The van der Waals surface area contributed by atoms with Crippen LogP contribution in [0.5, 0.6) is 5.75 Å². The standard InChI is InChI=1S/C23H28N4O.HI/c1-24-23(26-13-10-17-8-9-22-18(15-17)11-14-28-22)25-12-4-5-19-16-27-21-7-3-2-6-20(19)21;/h2-3,6-9,15-16,27H,4-5,10-14H2,1H3,(H2,24,25,26);1H. The third kappa shape index (κ3) is 5.44. The van der Waals surface area contributed by atoms with Crippen LogP contribution in [-0.4, -0.2) is 37.7 Å². The summed E-state index contributed by atoms with van der Waals surface area (Å²) in [7, 11) is 1.82. The summed E-state index contributed by atoms with van der Waals surface area (Å²) in [6.07, 6.45) is 6.23. The Labute approximate surface area is 189 Å². The molecule has 29 heavy (non-hydrogen) atoms. The van der Waals surface area contributed by atoms with Crippen molar-refractivity contribution in [2.24, 2.45) is 4.99 Å². The van der Waals surface area contributed by atoms with Crippen molar-refractivity contribution in [3.63, 3.8) is 0 Å². The lowest BCUT2D eigenvalue weighted by molar-refractivity contribution is 0.357. The number of aliphatic imine (C=N–C) groups is 1. The molecule has 5 nitrogen and oxygen atoms in total. The van der Waals surface area contributed by atoms with E-state index in [1.54, 1.807) is 0 Å². The normalized spacial score (nSPS) is 12.9. The van der Waals surface area contributed by atoms with Gasteiger partial charge in [0.15, 0.2) is 5.96 Å². The molecule has 1 aliphatic rings. The average molecular weight is 504 g/mol. The third-order valence-electron chi connectivity index (χ3n) is 5.27. The lowest BCUT2D eigenvalue weighted by Crippen LogP contribution is -2.38. The molecule has 2 aromatic carbocycles. The van der Waals surface area contributed by atoms with Gasteiger partial charge in [0.25, 0.3) is 0 Å². The Hall–Kier alpha value is -2.22. The minimum atomic E-state index is 0. The SMILES string of the molecule is CN=C(NCCCc1c[nH]c2ccccc12)NCCc1ccc2c(c1)CCO2.I. The fraction of sp³-hybridized carbons (Fsp3) is 0.348. The predicted octanol–water partition coefficient (Wildman–Crippen LogP) is 4.06. The monoisotopic (exact) mass is 504 g/mol. The van der Waals surface area contributed by atoms with Crippen LogP contribution in [0.15, 0.2) is 53.7 Å². The van der Waals surface area contributed by atoms with Gasteiger partial charge in [-0.3, -0.25) is 4.99 Å². The minimum absolute atomic E-state index is 0. The van der Waals surface area contributed by atoms with Gasteiger partial charge in [-0.1, -0.05) is 30.3 Å². The quantitative estimate of drug-likeness (QED) is 0.197. The second kappa shape index (κ2) is 10.5. The number of rotatable bonds is 7. The molecule has 0 radical (unpaired) electrons. The number of para-hydroxylation sites is 1. The summed E-state index contributed by atoms with van der Waals surface area (Å²) in [5.74, 6) is 1.91. The Morgan fingerprint density at radius 2 is 1.97 bits per heavy atom. The van der Waals surface area contributed by atoms with Crippen molar-refractivity contribution in [1.29, 1.82) is 0 Å². The van der Waals surface area contributed by atoms with Gasteiger partial charge in [0, 0.05) is 43.7 Å². The summed E-state index contributed by atoms with van der Waals surface area (Å²) in [6, 6.07) is 15.0. The van der Waals surface area contributed by atoms with Crippen LogP contribution in [0.3, 0.4) is 0 Å². The van der Waals surface area contributed by atoms with Crippen LogP contribution in [0.25, 0.3) is 10.9 Å². The zero-order valence-corrected chi connectivity index (χ0v) is 19.2. The van der Waals surface area contributed by atoms with Gasteiger partial charge >= 0.3 is 0 Å². The van der Waals surface area contributed by atoms with E-state index in [0.29, 0.717) is 0 Å². The number of hydrogen-bond acceptors (Lipinski definition) is 2. The molecule has 0 saturated carbocycles. The fourth-order valence-corrected chi connectivity index (χ4v) is 3.77. The van der Waals surface area contributed by atoms with Crippen LogP contribution < -0.4 is 15.4 Å². The first kappa shape index (κ1) is 21.5.